The Morgan fingerprint density at radius 1 is 1.28 bits per heavy atom. The van der Waals surface area contributed by atoms with Gasteiger partial charge >= 0.3 is 0 Å². The second-order valence-electron chi connectivity index (χ2n) is 3.39. The lowest BCUT2D eigenvalue weighted by Crippen LogP contribution is -2.31. The van der Waals surface area contributed by atoms with E-state index in [4.69, 9.17) is 21.1 Å². The van der Waals surface area contributed by atoms with E-state index in [1.165, 1.54) is 0 Å². The van der Waals surface area contributed by atoms with Crippen molar-refractivity contribution in [3.8, 4) is 5.75 Å². The van der Waals surface area contributed by atoms with Crippen molar-refractivity contribution in [1.82, 2.24) is 5.32 Å². The van der Waals surface area contributed by atoms with Crippen LogP contribution in [0, 0.1) is 0 Å². The quantitative estimate of drug-likeness (QED) is 0.585. The molecule has 0 aromatic heterocycles. The lowest BCUT2D eigenvalue weighted by molar-refractivity contribution is -0.123. The molecule has 0 atom stereocenters. The van der Waals surface area contributed by atoms with Crippen molar-refractivity contribution in [1.29, 1.82) is 0 Å². The van der Waals surface area contributed by atoms with Gasteiger partial charge in [0.1, 0.15) is 5.75 Å². The molecule has 1 aromatic rings. The fraction of sp³-hybridized carbons (Fsp3) is 0.417. The highest BCUT2D eigenvalue weighted by Crippen LogP contribution is 2.15. The van der Waals surface area contributed by atoms with Gasteiger partial charge in [-0.2, -0.15) is 0 Å². The summed E-state index contributed by atoms with van der Waals surface area (Å²) in [6.07, 6.45) is 0. The zero-order valence-corrected chi connectivity index (χ0v) is 12.2. The molecule has 18 heavy (non-hydrogen) atoms. The minimum Gasteiger partial charge on any atom is -0.484 e. The van der Waals surface area contributed by atoms with Gasteiger partial charge in [-0.3, -0.25) is 4.79 Å². The topological polar surface area (TPSA) is 47.6 Å². The Bertz CT molecular complexity index is 359. The van der Waals surface area contributed by atoms with Gasteiger partial charge in [0.2, 0.25) is 0 Å². The molecule has 0 bridgehead atoms. The van der Waals surface area contributed by atoms with Crippen LogP contribution in [0.3, 0.4) is 0 Å². The third-order valence-electron chi connectivity index (χ3n) is 1.97. The first kappa shape index (κ1) is 15.3. The van der Waals surface area contributed by atoms with Gasteiger partial charge in [0.15, 0.2) is 6.61 Å². The van der Waals surface area contributed by atoms with Crippen LogP contribution in [0.2, 0.25) is 5.02 Å². The zero-order chi connectivity index (χ0) is 13.2. The van der Waals surface area contributed by atoms with Crippen LogP contribution in [0.5, 0.6) is 5.75 Å². The Kier molecular flexibility index (Phi) is 7.80. The van der Waals surface area contributed by atoms with Crippen LogP contribution < -0.4 is 10.1 Å². The van der Waals surface area contributed by atoms with Gasteiger partial charge in [-0.25, -0.2) is 0 Å². The Hall–Kier alpha value is -0.780. The molecule has 0 aliphatic rings. The van der Waals surface area contributed by atoms with E-state index >= 15 is 0 Å². The number of hydrogen-bond donors (Lipinski definition) is 1. The fourth-order valence-corrected chi connectivity index (χ4v) is 1.50. The van der Waals surface area contributed by atoms with E-state index in [1.807, 2.05) is 0 Å². The van der Waals surface area contributed by atoms with Gasteiger partial charge in [-0.05, 0) is 24.3 Å². The molecule has 0 spiro atoms. The van der Waals surface area contributed by atoms with E-state index in [0.29, 0.717) is 30.5 Å². The summed E-state index contributed by atoms with van der Waals surface area (Å²) in [6, 6.07) is 6.86. The van der Waals surface area contributed by atoms with Crippen molar-refractivity contribution >= 4 is 33.4 Å². The number of halogens is 2. The molecular weight excluding hydrogens is 321 g/mol. The van der Waals surface area contributed by atoms with Gasteiger partial charge in [-0.1, -0.05) is 27.5 Å². The summed E-state index contributed by atoms with van der Waals surface area (Å²) in [5.41, 5.74) is 0. The van der Waals surface area contributed by atoms with Crippen molar-refractivity contribution in [2.45, 2.75) is 0 Å². The average Bonchev–Trinajstić information content (AvgIpc) is 2.38. The molecule has 1 aromatic carbocycles. The molecule has 0 fully saturated rings. The van der Waals surface area contributed by atoms with E-state index in [9.17, 15) is 4.79 Å². The van der Waals surface area contributed by atoms with Crippen LogP contribution in [0.4, 0.5) is 0 Å². The molecule has 1 amide bonds. The van der Waals surface area contributed by atoms with E-state index < -0.39 is 0 Å². The number of nitrogens with one attached hydrogen (secondary N) is 1. The number of alkyl halides is 1. The van der Waals surface area contributed by atoms with Gasteiger partial charge in [0, 0.05) is 16.9 Å². The smallest absolute Gasteiger partial charge is 0.258 e. The van der Waals surface area contributed by atoms with Crippen molar-refractivity contribution < 1.29 is 14.3 Å². The lowest BCUT2D eigenvalue weighted by atomic mass is 10.3. The number of carbonyl (C=O) groups is 1. The predicted molar refractivity (Wildman–Crippen MR) is 74.6 cm³/mol. The molecule has 0 saturated carbocycles. The van der Waals surface area contributed by atoms with Crippen LogP contribution >= 0.6 is 27.5 Å². The summed E-state index contributed by atoms with van der Waals surface area (Å²) in [5, 5.41) is 4.12. The first-order valence-electron chi connectivity index (χ1n) is 5.51. The standard InChI is InChI=1S/C12H15BrClNO3/c13-5-7-17-8-6-15-12(16)9-18-11-3-1-10(14)2-4-11/h1-4H,5-9H2,(H,15,16). The summed E-state index contributed by atoms with van der Waals surface area (Å²) >= 11 is 8.98. The summed E-state index contributed by atoms with van der Waals surface area (Å²) in [4.78, 5) is 11.4. The number of hydrogen-bond acceptors (Lipinski definition) is 3. The molecule has 1 rings (SSSR count). The fourth-order valence-electron chi connectivity index (χ4n) is 1.15. The SMILES string of the molecule is O=C(COc1ccc(Cl)cc1)NCCOCCBr. The minimum absolute atomic E-state index is 0.0138. The number of carbonyl (C=O) groups excluding carboxylic acids is 1. The van der Waals surface area contributed by atoms with Crippen LogP contribution in [0.1, 0.15) is 0 Å². The predicted octanol–water partition coefficient (Wildman–Crippen LogP) is 2.25. The average molecular weight is 337 g/mol. The number of ether oxygens (including phenoxy) is 2. The molecule has 0 unspecified atom stereocenters. The van der Waals surface area contributed by atoms with E-state index in [1.54, 1.807) is 24.3 Å². The lowest BCUT2D eigenvalue weighted by Gasteiger charge is -2.07. The van der Waals surface area contributed by atoms with Gasteiger partial charge < -0.3 is 14.8 Å². The maximum atomic E-state index is 11.4. The Morgan fingerprint density at radius 3 is 2.67 bits per heavy atom. The summed E-state index contributed by atoms with van der Waals surface area (Å²) in [6.45, 7) is 1.60. The Morgan fingerprint density at radius 2 is 2.00 bits per heavy atom. The van der Waals surface area contributed by atoms with Gasteiger partial charge in [-0.15, -0.1) is 0 Å². The van der Waals surface area contributed by atoms with Crippen molar-refractivity contribution in [2.24, 2.45) is 0 Å². The second-order valence-corrected chi connectivity index (χ2v) is 4.62. The summed E-state index contributed by atoms with van der Waals surface area (Å²) < 4.78 is 10.5. The van der Waals surface area contributed by atoms with Gasteiger partial charge in [0.25, 0.3) is 5.91 Å². The minimum atomic E-state index is -0.174. The van der Waals surface area contributed by atoms with Crippen LogP contribution in [0.25, 0.3) is 0 Å². The molecule has 0 radical (unpaired) electrons. The number of amides is 1. The Labute approximate surface area is 120 Å². The highest BCUT2D eigenvalue weighted by molar-refractivity contribution is 9.09. The number of benzene rings is 1. The molecular formula is C12H15BrClNO3. The third kappa shape index (κ3) is 6.83. The second kappa shape index (κ2) is 9.19. The molecule has 0 aliphatic heterocycles. The van der Waals surface area contributed by atoms with Crippen LogP contribution in [0.15, 0.2) is 24.3 Å². The Balaban J connectivity index is 2.11. The summed E-state index contributed by atoms with van der Waals surface area (Å²) in [5.74, 6) is 0.442. The van der Waals surface area contributed by atoms with E-state index in [2.05, 4.69) is 21.2 Å². The van der Waals surface area contributed by atoms with Crippen molar-refractivity contribution in [3.05, 3.63) is 29.3 Å². The van der Waals surface area contributed by atoms with Crippen molar-refractivity contribution in [3.63, 3.8) is 0 Å². The van der Waals surface area contributed by atoms with E-state index in [0.717, 1.165) is 5.33 Å². The molecule has 1 N–H and O–H groups in total. The van der Waals surface area contributed by atoms with E-state index in [-0.39, 0.29) is 12.5 Å². The molecule has 100 valence electrons. The monoisotopic (exact) mass is 335 g/mol. The maximum absolute atomic E-state index is 11.4. The molecule has 0 heterocycles. The van der Waals surface area contributed by atoms with Crippen LogP contribution in [-0.4, -0.2) is 37.6 Å². The largest absolute Gasteiger partial charge is 0.484 e. The third-order valence-corrected chi connectivity index (χ3v) is 2.55. The van der Waals surface area contributed by atoms with Crippen molar-refractivity contribution in [2.75, 3.05) is 31.7 Å². The molecule has 6 heteroatoms. The van der Waals surface area contributed by atoms with Gasteiger partial charge in [0.05, 0.1) is 13.2 Å². The zero-order valence-electron chi connectivity index (χ0n) is 9.83. The highest BCUT2D eigenvalue weighted by atomic mass is 79.9. The van der Waals surface area contributed by atoms with Crippen LogP contribution in [-0.2, 0) is 9.53 Å². The maximum Gasteiger partial charge on any atom is 0.258 e. The number of rotatable bonds is 8. The summed E-state index contributed by atoms with van der Waals surface area (Å²) in [7, 11) is 0. The highest BCUT2D eigenvalue weighted by Gasteiger charge is 2.01. The molecule has 0 aliphatic carbocycles. The first-order chi connectivity index (χ1) is 8.72. The molecule has 0 saturated heterocycles. The molecule has 4 nitrogen and oxygen atoms in total. The normalized spacial score (nSPS) is 10.1. The first-order valence-corrected chi connectivity index (χ1v) is 7.01.